The fraction of sp³-hybridized carbons (Fsp3) is 0.0455. The number of thiol groups is 2. The van der Waals surface area contributed by atoms with Crippen molar-refractivity contribution in [2.75, 3.05) is 5.32 Å². The summed E-state index contributed by atoms with van der Waals surface area (Å²) in [6, 6.07) is 23.9. The van der Waals surface area contributed by atoms with Crippen molar-refractivity contribution >= 4 is 58.4 Å². The van der Waals surface area contributed by atoms with Crippen molar-refractivity contribution in [1.29, 1.82) is 0 Å². The molecule has 128 valence electrons. The molecule has 0 aliphatic rings. The molecule has 0 saturated heterocycles. The highest BCUT2D eigenvalue weighted by Crippen LogP contribution is 2.28. The first-order valence-electron chi connectivity index (χ1n) is 8.32. The number of rotatable bonds is 3. The van der Waals surface area contributed by atoms with E-state index in [4.69, 9.17) is 0 Å². The van der Waals surface area contributed by atoms with E-state index >= 15 is 0 Å². The van der Waals surface area contributed by atoms with Gasteiger partial charge in [0.15, 0.2) is 0 Å². The zero-order valence-corrected chi connectivity index (χ0v) is 15.7. The Hall–Kier alpha value is -2.43. The summed E-state index contributed by atoms with van der Waals surface area (Å²) in [7, 11) is 0. The van der Waals surface area contributed by atoms with Crippen LogP contribution in [0.4, 0.5) is 5.69 Å². The molecule has 0 bridgehead atoms. The van der Waals surface area contributed by atoms with Crippen molar-refractivity contribution in [3.05, 3.63) is 78.4 Å². The molecule has 0 fully saturated rings. The van der Waals surface area contributed by atoms with E-state index in [0.29, 0.717) is 6.42 Å². The molecule has 0 aromatic heterocycles. The Bertz CT molecular complexity index is 1130. The van der Waals surface area contributed by atoms with Gasteiger partial charge in [0, 0.05) is 15.5 Å². The third-order valence-corrected chi connectivity index (χ3v) is 5.06. The monoisotopic (exact) mass is 375 g/mol. The average Bonchev–Trinajstić information content (AvgIpc) is 2.62. The lowest BCUT2D eigenvalue weighted by molar-refractivity contribution is -0.115. The van der Waals surface area contributed by atoms with Gasteiger partial charge in [0.05, 0.1) is 6.42 Å². The van der Waals surface area contributed by atoms with Crippen molar-refractivity contribution in [1.82, 2.24) is 0 Å². The molecule has 4 heteroatoms. The zero-order chi connectivity index (χ0) is 18.1. The molecule has 0 unspecified atom stereocenters. The first-order valence-corrected chi connectivity index (χ1v) is 9.22. The van der Waals surface area contributed by atoms with E-state index in [2.05, 4.69) is 48.8 Å². The van der Waals surface area contributed by atoms with Gasteiger partial charge in [0.2, 0.25) is 5.91 Å². The van der Waals surface area contributed by atoms with Crippen LogP contribution in [-0.2, 0) is 11.2 Å². The Morgan fingerprint density at radius 2 is 1.62 bits per heavy atom. The Balaban J connectivity index is 1.59. The van der Waals surface area contributed by atoms with E-state index in [9.17, 15) is 4.79 Å². The van der Waals surface area contributed by atoms with Gasteiger partial charge in [-0.05, 0) is 51.4 Å². The van der Waals surface area contributed by atoms with Gasteiger partial charge in [0.1, 0.15) is 0 Å². The van der Waals surface area contributed by atoms with Crippen molar-refractivity contribution in [3.63, 3.8) is 0 Å². The fourth-order valence-electron chi connectivity index (χ4n) is 3.23. The van der Waals surface area contributed by atoms with Crippen molar-refractivity contribution in [2.45, 2.75) is 16.2 Å². The Kier molecular flexibility index (Phi) is 4.62. The van der Waals surface area contributed by atoms with Gasteiger partial charge in [-0.15, -0.1) is 25.3 Å². The summed E-state index contributed by atoms with van der Waals surface area (Å²) in [5, 5.41) is 7.30. The molecule has 1 N–H and O–H groups in total. The van der Waals surface area contributed by atoms with Crippen LogP contribution < -0.4 is 5.32 Å². The zero-order valence-electron chi connectivity index (χ0n) is 13.9. The van der Waals surface area contributed by atoms with Gasteiger partial charge < -0.3 is 5.32 Å². The maximum Gasteiger partial charge on any atom is 0.228 e. The van der Waals surface area contributed by atoms with Crippen LogP contribution in [0.5, 0.6) is 0 Å². The number of carbonyl (C=O) groups excluding carboxylic acids is 1. The van der Waals surface area contributed by atoms with E-state index in [-0.39, 0.29) is 5.91 Å². The van der Waals surface area contributed by atoms with Gasteiger partial charge in [-0.1, -0.05) is 48.5 Å². The number of fused-ring (bicyclic) bond motifs is 2. The van der Waals surface area contributed by atoms with Crippen LogP contribution in [0, 0.1) is 0 Å². The van der Waals surface area contributed by atoms with Crippen LogP contribution in [0.25, 0.3) is 21.5 Å². The molecule has 0 aliphatic carbocycles. The van der Waals surface area contributed by atoms with Crippen LogP contribution in [0.1, 0.15) is 5.56 Å². The molecule has 0 saturated carbocycles. The maximum absolute atomic E-state index is 12.6. The molecular formula is C22H17NOS2. The molecule has 0 heterocycles. The molecule has 0 spiro atoms. The van der Waals surface area contributed by atoms with Gasteiger partial charge >= 0.3 is 0 Å². The van der Waals surface area contributed by atoms with Crippen LogP contribution in [-0.4, -0.2) is 5.91 Å². The molecule has 0 atom stereocenters. The van der Waals surface area contributed by atoms with E-state index < -0.39 is 0 Å². The van der Waals surface area contributed by atoms with E-state index in [1.54, 1.807) is 0 Å². The predicted octanol–water partition coefficient (Wildman–Crippen LogP) is 5.75. The summed E-state index contributed by atoms with van der Waals surface area (Å²) in [5.41, 5.74) is 1.79. The highest BCUT2D eigenvalue weighted by Gasteiger charge is 2.08. The smallest absolute Gasteiger partial charge is 0.228 e. The maximum atomic E-state index is 12.6. The second-order valence-corrected chi connectivity index (χ2v) is 7.26. The summed E-state index contributed by atoms with van der Waals surface area (Å²) in [5.74, 6) is -0.0350. The number of anilines is 1. The molecule has 0 aliphatic heterocycles. The normalized spacial score (nSPS) is 11.0. The minimum atomic E-state index is -0.0350. The lowest BCUT2D eigenvalue weighted by Gasteiger charge is -2.10. The number of hydrogen-bond donors (Lipinski definition) is 3. The van der Waals surface area contributed by atoms with Crippen molar-refractivity contribution < 1.29 is 4.79 Å². The van der Waals surface area contributed by atoms with Crippen molar-refractivity contribution in [3.8, 4) is 0 Å². The highest BCUT2D eigenvalue weighted by molar-refractivity contribution is 7.81. The van der Waals surface area contributed by atoms with Crippen LogP contribution in [0.3, 0.4) is 0 Å². The van der Waals surface area contributed by atoms with E-state index in [1.165, 1.54) is 0 Å². The van der Waals surface area contributed by atoms with E-state index in [0.717, 1.165) is 42.6 Å². The van der Waals surface area contributed by atoms with Crippen LogP contribution >= 0.6 is 25.3 Å². The minimum Gasteiger partial charge on any atom is -0.326 e. The largest absolute Gasteiger partial charge is 0.326 e. The standard InChI is InChI=1S/C22H17NOS2/c24-22(11-15-6-3-5-14-4-1-2-7-19(14)15)23-17-9-8-16-10-18(25)13-21(26)20(16)12-17/h1-10,12-13,25-26H,11H2,(H,23,24). The average molecular weight is 376 g/mol. The predicted molar refractivity (Wildman–Crippen MR) is 115 cm³/mol. The van der Waals surface area contributed by atoms with Crippen LogP contribution in [0.2, 0.25) is 0 Å². The Labute approximate surface area is 163 Å². The third kappa shape index (κ3) is 3.43. The number of amides is 1. The Morgan fingerprint density at radius 3 is 2.50 bits per heavy atom. The first kappa shape index (κ1) is 17.0. The first-order chi connectivity index (χ1) is 12.6. The van der Waals surface area contributed by atoms with Gasteiger partial charge in [0.25, 0.3) is 0 Å². The summed E-state index contributed by atoms with van der Waals surface area (Å²) in [6.45, 7) is 0. The third-order valence-electron chi connectivity index (χ3n) is 4.43. The topological polar surface area (TPSA) is 29.1 Å². The molecule has 1 amide bonds. The van der Waals surface area contributed by atoms with Gasteiger partial charge in [-0.25, -0.2) is 0 Å². The molecule has 4 rings (SSSR count). The van der Waals surface area contributed by atoms with Gasteiger partial charge in [-0.3, -0.25) is 4.79 Å². The SMILES string of the molecule is O=C(Cc1cccc2ccccc12)Nc1ccc2cc(S)cc(S)c2c1. The van der Waals surface area contributed by atoms with E-state index in [1.807, 2.05) is 54.6 Å². The number of hydrogen-bond acceptors (Lipinski definition) is 3. The molecule has 4 aromatic rings. The molecule has 0 radical (unpaired) electrons. The highest BCUT2D eigenvalue weighted by atomic mass is 32.1. The second-order valence-electron chi connectivity index (χ2n) is 6.26. The van der Waals surface area contributed by atoms with Crippen LogP contribution in [0.15, 0.2) is 82.6 Å². The fourth-order valence-corrected chi connectivity index (χ4v) is 3.93. The van der Waals surface area contributed by atoms with Crippen molar-refractivity contribution in [2.24, 2.45) is 0 Å². The number of carbonyl (C=O) groups is 1. The number of nitrogens with one attached hydrogen (secondary N) is 1. The minimum absolute atomic E-state index is 0.0350. The molecule has 2 nitrogen and oxygen atoms in total. The number of benzene rings is 4. The quantitative estimate of drug-likeness (QED) is 0.391. The van der Waals surface area contributed by atoms with Gasteiger partial charge in [-0.2, -0.15) is 0 Å². The molecule has 4 aromatic carbocycles. The summed E-state index contributed by atoms with van der Waals surface area (Å²) < 4.78 is 0. The lowest BCUT2D eigenvalue weighted by atomic mass is 10.0. The molecular weight excluding hydrogens is 358 g/mol. The Morgan fingerprint density at radius 1 is 0.808 bits per heavy atom. The second kappa shape index (κ2) is 7.06. The summed E-state index contributed by atoms with van der Waals surface area (Å²) >= 11 is 8.89. The summed E-state index contributed by atoms with van der Waals surface area (Å²) in [4.78, 5) is 14.3. The lowest BCUT2D eigenvalue weighted by Crippen LogP contribution is -2.14. The molecule has 26 heavy (non-hydrogen) atoms. The summed E-state index contributed by atoms with van der Waals surface area (Å²) in [6.07, 6.45) is 0.336.